The summed E-state index contributed by atoms with van der Waals surface area (Å²) in [5, 5.41) is 8.91. The maximum Gasteiger partial charge on any atom is 0.0681 e. The number of aryl methyl sites for hydroxylation is 1. The molecule has 1 aromatic carbocycles. The monoisotopic (exact) mass is 204 g/mol. The number of aliphatic hydroxyl groups is 1. The molecule has 0 fully saturated rings. The van der Waals surface area contributed by atoms with Crippen LogP contribution < -0.4 is 0 Å². The topological polar surface area (TPSA) is 20.2 Å². The van der Waals surface area contributed by atoms with Crippen LogP contribution in [-0.4, -0.2) is 5.11 Å². The van der Waals surface area contributed by atoms with E-state index in [9.17, 15) is 0 Å². The zero-order valence-electron chi connectivity index (χ0n) is 8.03. The van der Waals surface area contributed by atoms with Gasteiger partial charge in [0, 0.05) is 9.75 Å². The molecule has 0 aliphatic rings. The van der Waals surface area contributed by atoms with Crippen molar-refractivity contribution in [3.05, 3.63) is 46.8 Å². The normalized spacial score (nSPS) is 10.4. The van der Waals surface area contributed by atoms with Gasteiger partial charge in [-0.05, 0) is 30.2 Å². The molecule has 0 aliphatic heterocycles. The van der Waals surface area contributed by atoms with E-state index in [2.05, 4.69) is 31.2 Å². The van der Waals surface area contributed by atoms with E-state index in [1.165, 1.54) is 15.3 Å². The Labute approximate surface area is 87.7 Å². The van der Waals surface area contributed by atoms with Gasteiger partial charge in [-0.15, -0.1) is 11.3 Å². The van der Waals surface area contributed by atoms with Gasteiger partial charge in [0.2, 0.25) is 0 Å². The van der Waals surface area contributed by atoms with Crippen molar-refractivity contribution in [3.63, 3.8) is 0 Å². The number of rotatable bonds is 2. The van der Waals surface area contributed by atoms with Gasteiger partial charge >= 0.3 is 0 Å². The molecular formula is C12H12OS. The Kier molecular flexibility index (Phi) is 2.66. The molecule has 2 heteroatoms. The van der Waals surface area contributed by atoms with Gasteiger partial charge in [0.1, 0.15) is 0 Å². The summed E-state index contributed by atoms with van der Waals surface area (Å²) < 4.78 is 0. The zero-order chi connectivity index (χ0) is 9.97. The molecule has 0 bridgehead atoms. The van der Waals surface area contributed by atoms with Crippen LogP contribution in [-0.2, 0) is 6.61 Å². The van der Waals surface area contributed by atoms with Crippen molar-refractivity contribution in [2.24, 2.45) is 0 Å². The van der Waals surface area contributed by atoms with Crippen LogP contribution in [0.4, 0.5) is 0 Å². The highest BCUT2D eigenvalue weighted by Gasteiger charge is 1.99. The molecule has 1 aromatic heterocycles. The lowest BCUT2D eigenvalue weighted by molar-refractivity contribution is 0.282. The summed E-state index contributed by atoms with van der Waals surface area (Å²) in [6, 6.07) is 12.3. The lowest BCUT2D eigenvalue weighted by Crippen LogP contribution is -1.81. The minimum absolute atomic E-state index is 0.115. The van der Waals surface area contributed by atoms with Gasteiger partial charge in [0.15, 0.2) is 0 Å². The highest BCUT2D eigenvalue weighted by atomic mass is 32.1. The Bertz CT molecular complexity index is 414. The van der Waals surface area contributed by atoms with Crippen LogP contribution in [0.1, 0.15) is 10.4 Å². The predicted molar refractivity (Wildman–Crippen MR) is 60.4 cm³/mol. The van der Waals surface area contributed by atoms with Gasteiger partial charge in [-0.1, -0.05) is 24.3 Å². The van der Waals surface area contributed by atoms with Gasteiger partial charge in [-0.25, -0.2) is 0 Å². The Morgan fingerprint density at radius 2 is 1.79 bits per heavy atom. The second-order valence-corrected chi connectivity index (χ2v) is 4.55. The number of hydrogen-bond donors (Lipinski definition) is 1. The average Bonchev–Trinajstić information content (AvgIpc) is 2.65. The molecule has 14 heavy (non-hydrogen) atoms. The maximum atomic E-state index is 8.91. The Morgan fingerprint density at radius 3 is 2.29 bits per heavy atom. The first-order valence-electron chi connectivity index (χ1n) is 4.56. The summed E-state index contributed by atoms with van der Waals surface area (Å²) in [6.07, 6.45) is 0. The molecule has 0 amide bonds. The molecular weight excluding hydrogens is 192 g/mol. The maximum absolute atomic E-state index is 8.91. The summed E-state index contributed by atoms with van der Waals surface area (Å²) in [4.78, 5) is 2.61. The Balaban J connectivity index is 2.33. The number of thiophene rings is 1. The van der Waals surface area contributed by atoms with E-state index in [0.29, 0.717) is 0 Å². The Hall–Kier alpha value is -1.12. The van der Waals surface area contributed by atoms with Crippen molar-refractivity contribution in [2.75, 3.05) is 0 Å². The second-order valence-electron chi connectivity index (χ2n) is 3.27. The van der Waals surface area contributed by atoms with Gasteiger partial charge in [-0.2, -0.15) is 0 Å². The van der Waals surface area contributed by atoms with E-state index in [4.69, 9.17) is 5.11 Å². The molecule has 0 spiro atoms. The molecule has 2 aromatic rings. The minimum Gasteiger partial charge on any atom is -0.392 e. The average molecular weight is 204 g/mol. The largest absolute Gasteiger partial charge is 0.392 e. The summed E-state index contributed by atoms with van der Waals surface area (Å²) >= 11 is 1.79. The van der Waals surface area contributed by atoms with E-state index < -0.39 is 0 Å². The van der Waals surface area contributed by atoms with Crippen molar-refractivity contribution in [1.82, 2.24) is 0 Å². The van der Waals surface area contributed by atoms with Crippen LogP contribution in [0.5, 0.6) is 0 Å². The molecule has 1 heterocycles. The van der Waals surface area contributed by atoms with E-state index in [-0.39, 0.29) is 6.61 Å². The van der Waals surface area contributed by atoms with Gasteiger partial charge in [0.05, 0.1) is 6.61 Å². The molecule has 0 saturated carbocycles. The summed E-state index contributed by atoms with van der Waals surface area (Å²) in [7, 11) is 0. The smallest absolute Gasteiger partial charge is 0.0681 e. The van der Waals surface area contributed by atoms with Crippen molar-refractivity contribution < 1.29 is 5.11 Å². The molecule has 0 saturated heterocycles. The SMILES string of the molecule is Cc1ccc(-c2ccc(CO)cc2)s1. The first kappa shape index (κ1) is 9.44. The molecule has 72 valence electrons. The highest BCUT2D eigenvalue weighted by Crippen LogP contribution is 2.27. The lowest BCUT2D eigenvalue weighted by atomic mass is 10.1. The lowest BCUT2D eigenvalue weighted by Gasteiger charge is -1.98. The van der Waals surface area contributed by atoms with Crippen molar-refractivity contribution in [1.29, 1.82) is 0 Å². The molecule has 0 unspecified atom stereocenters. The van der Waals surface area contributed by atoms with Crippen LogP contribution in [0.2, 0.25) is 0 Å². The van der Waals surface area contributed by atoms with Gasteiger partial charge < -0.3 is 5.11 Å². The van der Waals surface area contributed by atoms with Gasteiger partial charge in [0.25, 0.3) is 0 Å². The van der Waals surface area contributed by atoms with E-state index in [1.54, 1.807) is 11.3 Å². The fourth-order valence-corrected chi connectivity index (χ4v) is 2.24. The van der Waals surface area contributed by atoms with E-state index in [1.807, 2.05) is 12.1 Å². The van der Waals surface area contributed by atoms with Crippen molar-refractivity contribution in [2.45, 2.75) is 13.5 Å². The third-order valence-corrected chi connectivity index (χ3v) is 3.21. The third-order valence-electron chi connectivity index (χ3n) is 2.16. The standard InChI is InChI=1S/C12H12OS/c1-9-2-7-12(14-9)11-5-3-10(8-13)4-6-11/h2-7,13H,8H2,1H3. The minimum atomic E-state index is 0.115. The van der Waals surface area contributed by atoms with Crippen molar-refractivity contribution in [3.8, 4) is 10.4 Å². The third kappa shape index (κ3) is 1.86. The van der Waals surface area contributed by atoms with Crippen molar-refractivity contribution >= 4 is 11.3 Å². The zero-order valence-corrected chi connectivity index (χ0v) is 8.84. The highest BCUT2D eigenvalue weighted by molar-refractivity contribution is 7.15. The van der Waals surface area contributed by atoms with Crippen LogP contribution >= 0.6 is 11.3 Å². The first-order chi connectivity index (χ1) is 6.79. The summed E-state index contributed by atoms with van der Waals surface area (Å²) in [6.45, 7) is 2.22. The Morgan fingerprint density at radius 1 is 1.07 bits per heavy atom. The van der Waals surface area contributed by atoms with Crippen LogP contribution in [0, 0.1) is 6.92 Å². The summed E-state index contributed by atoms with van der Waals surface area (Å²) in [5.74, 6) is 0. The molecule has 1 nitrogen and oxygen atoms in total. The molecule has 0 radical (unpaired) electrons. The van der Waals surface area contributed by atoms with Crippen LogP contribution in [0.15, 0.2) is 36.4 Å². The number of aliphatic hydroxyl groups excluding tert-OH is 1. The fourth-order valence-electron chi connectivity index (χ4n) is 1.36. The first-order valence-corrected chi connectivity index (χ1v) is 5.38. The number of benzene rings is 1. The molecule has 0 atom stereocenters. The van der Waals surface area contributed by atoms with Crippen LogP contribution in [0.3, 0.4) is 0 Å². The summed E-state index contributed by atoms with van der Waals surface area (Å²) in [5.41, 5.74) is 2.18. The second kappa shape index (κ2) is 3.95. The molecule has 1 N–H and O–H groups in total. The predicted octanol–water partition coefficient (Wildman–Crippen LogP) is 3.22. The quantitative estimate of drug-likeness (QED) is 0.796. The van der Waals surface area contributed by atoms with E-state index in [0.717, 1.165) is 5.56 Å². The van der Waals surface area contributed by atoms with Gasteiger partial charge in [-0.3, -0.25) is 0 Å². The number of hydrogen-bond acceptors (Lipinski definition) is 2. The molecule has 2 rings (SSSR count). The van der Waals surface area contributed by atoms with E-state index >= 15 is 0 Å². The fraction of sp³-hybridized carbons (Fsp3) is 0.167. The van der Waals surface area contributed by atoms with Crippen LogP contribution in [0.25, 0.3) is 10.4 Å². The molecule has 0 aliphatic carbocycles.